The molecule has 1 aliphatic carbocycles. The molecule has 0 N–H and O–H groups in total. The summed E-state index contributed by atoms with van der Waals surface area (Å²) in [6.07, 6.45) is 13.4. The average Bonchev–Trinajstić information content (AvgIpc) is 2.21. The van der Waals surface area contributed by atoms with Gasteiger partial charge in [-0.2, -0.15) is 0 Å². The van der Waals surface area contributed by atoms with Crippen molar-refractivity contribution in [1.82, 2.24) is 0 Å². The highest BCUT2D eigenvalue weighted by molar-refractivity contribution is 5.46. The van der Waals surface area contributed by atoms with Gasteiger partial charge in [-0.05, 0) is 42.4 Å². The predicted molar refractivity (Wildman–Crippen MR) is 64.3 cm³/mol. The van der Waals surface area contributed by atoms with Crippen molar-refractivity contribution in [3.8, 4) is 0 Å². The highest BCUT2D eigenvalue weighted by Gasteiger charge is 2.07. The molecule has 0 heteroatoms. The molecule has 0 aliphatic heterocycles. The lowest BCUT2D eigenvalue weighted by Gasteiger charge is -2.15. The van der Waals surface area contributed by atoms with Gasteiger partial charge >= 0.3 is 0 Å². The van der Waals surface area contributed by atoms with Gasteiger partial charge in [0.25, 0.3) is 0 Å². The zero-order valence-corrected chi connectivity index (χ0v) is 9.34. The second-order valence-electron chi connectivity index (χ2n) is 3.63. The molecule has 0 spiro atoms. The molecular weight excluding hydrogens is 168 g/mol. The van der Waals surface area contributed by atoms with Crippen LogP contribution in [0.2, 0.25) is 0 Å². The third kappa shape index (κ3) is 2.73. The lowest BCUT2D eigenvalue weighted by atomic mass is 9.91. The summed E-state index contributed by atoms with van der Waals surface area (Å²) in [7, 11) is 0. The molecule has 0 bridgehead atoms. The summed E-state index contributed by atoms with van der Waals surface area (Å²) < 4.78 is 0. The van der Waals surface area contributed by atoms with Crippen molar-refractivity contribution < 1.29 is 0 Å². The molecule has 0 fully saturated rings. The molecule has 14 heavy (non-hydrogen) atoms. The Balaban J connectivity index is 2.92. The summed E-state index contributed by atoms with van der Waals surface area (Å²) in [4.78, 5) is 0. The van der Waals surface area contributed by atoms with Crippen LogP contribution in [0.25, 0.3) is 0 Å². The fraction of sp³-hybridized carbons (Fsp3) is 0.429. The second-order valence-corrected chi connectivity index (χ2v) is 3.63. The standard InChI is InChI=1S/C14H20/c1-4-6-10-13(5-2)14-11-8-7-9-12(14)3/h6-7,9-10H,3-5,8,11H2,1-2H3/b10-6-,14-13-. The zero-order chi connectivity index (χ0) is 10.4. The van der Waals surface area contributed by atoms with Gasteiger partial charge in [0.2, 0.25) is 0 Å². The molecule has 1 rings (SSSR count). The summed E-state index contributed by atoms with van der Waals surface area (Å²) in [5, 5.41) is 0. The van der Waals surface area contributed by atoms with Crippen LogP contribution in [0.5, 0.6) is 0 Å². The minimum Gasteiger partial charge on any atom is -0.0915 e. The van der Waals surface area contributed by atoms with E-state index in [0.717, 1.165) is 25.7 Å². The number of hydrogen-bond donors (Lipinski definition) is 0. The molecule has 0 nitrogen and oxygen atoms in total. The number of hydrogen-bond acceptors (Lipinski definition) is 0. The summed E-state index contributed by atoms with van der Waals surface area (Å²) in [5.41, 5.74) is 4.12. The van der Waals surface area contributed by atoms with Gasteiger partial charge in [0, 0.05) is 0 Å². The Hall–Kier alpha value is -1.04. The van der Waals surface area contributed by atoms with Crippen molar-refractivity contribution in [3.05, 3.63) is 47.6 Å². The van der Waals surface area contributed by atoms with Crippen LogP contribution in [0, 0.1) is 0 Å². The molecule has 0 unspecified atom stereocenters. The van der Waals surface area contributed by atoms with Gasteiger partial charge in [-0.15, -0.1) is 0 Å². The lowest BCUT2D eigenvalue weighted by Crippen LogP contribution is -1.95. The van der Waals surface area contributed by atoms with Crippen LogP contribution in [0.4, 0.5) is 0 Å². The first kappa shape index (κ1) is 11.0. The van der Waals surface area contributed by atoms with E-state index in [1.54, 1.807) is 0 Å². The van der Waals surface area contributed by atoms with E-state index in [1.165, 1.54) is 16.7 Å². The van der Waals surface area contributed by atoms with E-state index in [1.807, 2.05) is 0 Å². The van der Waals surface area contributed by atoms with E-state index in [4.69, 9.17) is 0 Å². The monoisotopic (exact) mass is 188 g/mol. The maximum absolute atomic E-state index is 4.09. The minimum atomic E-state index is 1.11. The average molecular weight is 188 g/mol. The lowest BCUT2D eigenvalue weighted by molar-refractivity contribution is 0.936. The van der Waals surface area contributed by atoms with Crippen LogP contribution in [0.3, 0.4) is 0 Å². The van der Waals surface area contributed by atoms with Gasteiger partial charge in [0.05, 0.1) is 0 Å². The molecule has 0 aromatic rings. The van der Waals surface area contributed by atoms with Gasteiger partial charge < -0.3 is 0 Å². The molecule has 76 valence electrons. The second kappa shape index (κ2) is 5.64. The Bertz CT molecular complexity index is 287. The van der Waals surface area contributed by atoms with Crippen LogP contribution in [0.15, 0.2) is 47.6 Å². The molecule has 0 heterocycles. The van der Waals surface area contributed by atoms with Crippen LogP contribution < -0.4 is 0 Å². The van der Waals surface area contributed by atoms with E-state index in [2.05, 4.69) is 44.7 Å². The molecule has 0 aromatic carbocycles. The Morgan fingerprint density at radius 3 is 2.86 bits per heavy atom. The largest absolute Gasteiger partial charge is 0.0915 e. The van der Waals surface area contributed by atoms with E-state index >= 15 is 0 Å². The fourth-order valence-electron chi connectivity index (χ4n) is 1.77. The minimum absolute atomic E-state index is 1.11. The first-order valence-corrected chi connectivity index (χ1v) is 5.54. The number of rotatable bonds is 3. The van der Waals surface area contributed by atoms with E-state index in [-0.39, 0.29) is 0 Å². The van der Waals surface area contributed by atoms with Gasteiger partial charge in [0.15, 0.2) is 0 Å². The quantitative estimate of drug-likeness (QED) is 0.608. The SMILES string of the molecule is C=C1C=CCC/C1=C(/C=C\CC)CC. The van der Waals surface area contributed by atoms with Crippen LogP contribution in [0.1, 0.15) is 39.5 Å². The maximum Gasteiger partial charge on any atom is -0.0236 e. The Kier molecular flexibility index (Phi) is 4.45. The summed E-state index contributed by atoms with van der Waals surface area (Å²) in [5.74, 6) is 0. The number of allylic oxidation sites excluding steroid dienone is 7. The topological polar surface area (TPSA) is 0 Å². The third-order valence-corrected chi connectivity index (χ3v) is 2.59. The summed E-state index contributed by atoms with van der Waals surface area (Å²) >= 11 is 0. The van der Waals surface area contributed by atoms with Gasteiger partial charge in [-0.1, -0.05) is 44.7 Å². The van der Waals surface area contributed by atoms with Crippen molar-refractivity contribution >= 4 is 0 Å². The van der Waals surface area contributed by atoms with Gasteiger partial charge in [0.1, 0.15) is 0 Å². The first-order valence-electron chi connectivity index (χ1n) is 5.54. The smallest absolute Gasteiger partial charge is 0.0236 e. The Labute approximate surface area is 87.7 Å². The first-order chi connectivity index (χ1) is 6.79. The van der Waals surface area contributed by atoms with E-state index in [0.29, 0.717) is 0 Å². The summed E-state index contributed by atoms with van der Waals surface area (Å²) in [6, 6.07) is 0. The fourth-order valence-corrected chi connectivity index (χ4v) is 1.77. The normalized spacial score (nSPS) is 20.6. The van der Waals surface area contributed by atoms with E-state index < -0.39 is 0 Å². The molecular formula is C14H20. The van der Waals surface area contributed by atoms with Crippen LogP contribution in [-0.2, 0) is 0 Å². The summed E-state index contributed by atoms with van der Waals surface area (Å²) in [6.45, 7) is 8.48. The van der Waals surface area contributed by atoms with Crippen molar-refractivity contribution in [2.75, 3.05) is 0 Å². The molecule has 0 saturated heterocycles. The van der Waals surface area contributed by atoms with Crippen molar-refractivity contribution in [3.63, 3.8) is 0 Å². The van der Waals surface area contributed by atoms with Crippen LogP contribution >= 0.6 is 0 Å². The molecule has 0 amide bonds. The van der Waals surface area contributed by atoms with Crippen molar-refractivity contribution in [2.45, 2.75) is 39.5 Å². The Morgan fingerprint density at radius 1 is 1.50 bits per heavy atom. The van der Waals surface area contributed by atoms with E-state index in [9.17, 15) is 0 Å². The van der Waals surface area contributed by atoms with Gasteiger partial charge in [-0.25, -0.2) is 0 Å². The highest BCUT2D eigenvalue weighted by Crippen LogP contribution is 2.27. The molecule has 0 saturated carbocycles. The van der Waals surface area contributed by atoms with Crippen LogP contribution in [-0.4, -0.2) is 0 Å². The molecule has 0 atom stereocenters. The maximum atomic E-state index is 4.09. The van der Waals surface area contributed by atoms with Crippen molar-refractivity contribution in [1.29, 1.82) is 0 Å². The van der Waals surface area contributed by atoms with Gasteiger partial charge in [-0.3, -0.25) is 0 Å². The van der Waals surface area contributed by atoms with Crippen molar-refractivity contribution in [2.24, 2.45) is 0 Å². The predicted octanol–water partition coefficient (Wildman–Crippen LogP) is 4.57. The molecule has 0 radical (unpaired) electrons. The third-order valence-electron chi connectivity index (χ3n) is 2.59. The highest BCUT2D eigenvalue weighted by atomic mass is 14.1. The molecule has 0 aromatic heterocycles. The Morgan fingerprint density at radius 2 is 2.29 bits per heavy atom. The zero-order valence-electron chi connectivity index (χ0n) is 9.34. The molecule has 1 aliphatic rings.